The number of halogens is 1. The summed E-state index contributed by atoms with van der Waals surface area (Å²) in [5, 5.41) is 8.29. The van der Waals surface area contributed by atoms with Crippen LogP contribution in [0.4, 0.5) is 5.69 Å². The quantitative estimate of drug-likeness (QED) is 0.347. The Morgan fingerprint density at radius 3 is 2.69 bits per heavy atom. The summed E-state index contributed by atoms with van der Waals surface area (Å²) in [6.45, 7) is 0.105. The maximum atomic E-state index is 13.2. The van der Waals surface area contributed by atoms with E-state index in [2.05, 4.69) is 26.2 Å². The molecule has 0 saturated heterocycles. The fraction of sp³-hybridized carbons (Fsp3) is 0.269. The number of carbonyl (C=O) groups is 1. The van der Waals surface area contributed by atoms with Crippen LogP contribution in [-0.2, 0) is 16.6 Å². The number of benzene rings is 2. The molecule has 8 nitrogen and oxygen atoms in total. The van der Waals surface area contributed by atoms with Gasteiger partial charge in [0.05, 0.1) is 38.9 Å². The van der Waals surface area contributed by atoms with Crippen molar-refractivity contribution in [2.24, 2.45) is 0 Å². The van der Waals surface area contributed by atoms with Crippen molar-refractivity contribution in [2.75, 3.05) is 5.32 Å². The third kappa shape index (κ3) is 4.61. The van der Waals surface area contributed by atoms with Crippen molar-refractivity contribution in [3.05, 3.63) is 82.8 Å². The molecule has 2 aliphatic carbocycles. The van der Waals surface area contributed by atoms with Gasteiger partial charge in [-0.25, -0.2) is 17.8 Å². The van der Waals surface area contributed by atoms with E-state index in [1.807, 2.05) is 35.1 Å². The first-order chi connectivity index (χ1) is 17.4. The van der Waals surface area contributed by atoms with Crippen LogP contribution in [0.3, 0.4) is 0 Å². The number of pyridine rings is 1. The molecular formula is C26H24ClN5O3S. The molecule has 0 bridgehead atoms. The predicted molar refractivity (Wildman–Crippen MR) is 139 cm³/mol. The first-order valence-electron chi connectivity index (χ1n) is 11.9. The second-order valence-corrected chi connectivity index (χ2v) is 11.8. The molecule has 184 valence electrons. The predicted octanol–water partition coefficient (Wildman–Crippen LogP) is 4.79. The molecule has 4 aromatic rings. The number of hydrogen-bond donors (Lipinski definition) is 2. The maximum Gasteiger partial charge on any atom is 0.257 e. The lowest BCUT2D eigenvalue weighted by molar-refractivity contribution is 0.102. The number of amides is 1. The summed E-state index contributed by atoms with van der Waals surface area (Å²) in [7, 11) is -3.32. The molecule has 6 rings (SSSR count). The number of rotatable bonds is 8. The van der Waals surface area contributed by atoms with Crippen LogP contribution in [0.2, 0.25) is 5.02 Å². The molecule has 10 heteroatoms. The van der Waals surface area contributed by atoms with Gasteiger partial charge in [0.1, 0.15) is 0 Å². The van der Waals surface area contributed by atoms with Gasteiger partial charge in [0.15, 0.2) is 0 Å². The lowest BCUT2D eigenvalue weighted by Crippen LogP contribution is -2.26. The third-order valence-corrected chi connectivity index (χ3v) is 8.81. The normalized spacial score (nSPS) is 15.8. The molecule has 2 N–H and O–H groups in total. The summed E-state index contributed by atoms with van der Waals surface area (Å²) in [4.78, 5) is 17.7. The fourth-order valence-electron chi connectivity index (χ4n) is 4.26. The summed E-state index contributed by atoms with van der Waals surface area (Å²) >= 11 is 6.33. The molecule has 36 heavy (non-hydrogen) atoms. The lowest BCUT2D eigenvalue weighted by atomic mass is 10.1. The van der Waals surface area contributed by atoms with Crippen LogP contribution in [0.1, 0.15) is 53.2 Å². The average Bonchev–Trinajstić information content (AvgIpc) is 3.80. The summed E-state index contributed by atoms with van der Waals surface area (Å²) in [6, 6.07) is 14.6. The molecule has 2 aliphatic rings. The molecule has 2 aromatic carbocycles. The second-order valence-electron chi connectivity index (χ2n) is 9.34. The molecule has 1 amide bonds. The first kappa shape index (κ1) is 23.1. The van der Waals surface area contributed by atoms with Gasteiger partial charge in [-0.05, 0) is 67.6 Å². The Morgan fingerprint density at radius 1 is 1.08 bits per heavy atom. The number of hydrogen-bond acceptors (Lipinski definition) is 5. The summed E-state index contributed by atoms with van der Waals surface area (Å²) in [6.07, 6.45) is 7.25. The number of nitrogens with one attached hydrogen (secondary N) is 2. The molecule has 0 atom stereocenters. The van der Waals surface area contributed by atoms with Crippen LogP contribution in [0.15, 0.2) is 60.9 Å². The van der Waals surface area contributed by atoms with E-state index in [-0.39, 0.29) is 28.3 Å². The fourth-order valence-corrected chi connectivity index (χ4v) is 5.83. The minimum atomic E-state index is -3.32. The van der Waals surface area contributed by atoms with E-state index in [0.29, 0.717) is 30.0 Å². The van der Waals surface area contributed by atoms with E-state index in [1.165, 1.54) is 12.8 Å². The highest BCUT2D eigenvalue weighted by molar-refractivity contribution is 7.90. The standard InChI is InChI=1S/C26H24ClN5O3S/c27-22-9-4-16(14-30-36(34,35)19-7-8-19)12-20(22)26(33)31-23-2-1-3-25-21(23)15-29-32(25)18-10-11-28-24(13-18)17-5-6-17/h1-4,9-13,15,17,19,30H,5-8,14H2,(H,31,33). The van der Waals surface area contributed by atoms with Crippen molar-refractivity contribution in [3.63, 3.8) is 0 Å². The topological polar surface area (TPSA) is 106 Å². The van der Waals surface area contributed by atoms with Gasteiger partial charge < -0.3 is 5.32 Å². The Balaban J connectivity index is 1.25. The Labute approximate surface area is 213 Å². The monoisotopic (exact) mass is 521 g/mol. The van der Waals surface area contributed by atoms with Gasteiger partial charge in [-0.1, -0.05) is 23.7 Å². The zero-order chi connectivity index (χ0) is 24.9. The minimum Gasteiger partial charge on any atom is -0.321 e. The molecule has 0 unspecified atom stereocenters. The summed E-state index contributed by atoms with van der Waals surface area (Å²) < 4.78 is 28.8. The number of aromatic nitrogens is 3. The Bertz CT molecular complexity index is 1590. The molecule has 2 saturated carbocycles. The van der Waals surface area contributed by atoms with Crippen molar-refractivity contribution in [1.29, 1.82) is 0 Å². The Morgan fingerprint density at radius 2 is 1.92 bits per heavy atom. The number of anilines is 1. The van der Waals surface area contributed by atoms with Crippen LogP contribution >= 0.6 is 11.6 Å². The highest BCUT2D eigenvalue weighted by atomic mass is 35.5. The molecular weight excluding hydrogens is 498 g/mol. The SMILES string of the molecule is O=C(Nc1cccc2c1cnn2-c1ccnc(C2CC2)c1)c1cc(CNS(=O)(=O)C2CC2)ccc1Cl. The van der Waals surface area contributed by atoms with Gasteiger partial charge in [-0.15, -0.1) is 0 Å². The van der Waals surface area contributed by atoms with Crippen molar-refractivity contribution in [1.82, 2.24) is 19.5 Å². The van der Waals surface area contributed by atoms with Crippen molar-refractivity contribution >= 4 is 44.1 Å². The van der Waals surface area contributed by atoms with E-state index in [1.54, 1.807) is 24.4 Å². The maximum absolute atomic E-state index is 13.2. The van der Waals surface area contributed by atoms with Gasteiger partial charge in [-0.2, -0.15) is 5.10 Å². The van der Waals surface area contributed by atoms with E-state index in [4.69, 9.17) is 11.6 Å². The van der Waals surface area contributed by atoms with Crippen LogP contribution in [-0.4, -0.2) is 34.3 Å². The molecule has 0 aliphatic heterocycles. The number of sulfonamides is 1. The Hall–Kier alpha value is -3.27. The highest BCUT2D eigenvalue weighted by Gasteiger charge is 2.35. The minimum absolute atomic E-state index is 0.105. The number of nitrogens with zero attached hydrogens (tertiary/aromatic N) is 3. The van der Waals surface area contributed by atoms with E-state index >= 15 is 0 Å². The van der Waals surface area contributed by atoms with Gasteiger partial charge in [0, 0.05) is 29.7 Å². The summed E-state index contributed by atoms with van der Waals surface area (Å²) in [5.74, 6) is 0.151. The van der Waals surface area contributed by atoms with E-state index in [9.17, 15) is 13.2 Å². The van der Waals surface area contributed by atoms with E-state index < -0.39 is 10.0 Å². The molecule has 2 fully saturated rings. The zero-order valence-electron chi connectivity index (χ0n) is 19.3. The highest BCUT2D eigenvalue weighted by Crippen LogP contribution is 2.39. The van der Waals surface area contributed by atoms with Gasteiger partial charge in [-0.3, -0.25) is 9.78 Å². The smallest absolute Gasteiger partial charge is 0.257 e. The van der Waals surface area contributed by atoms with Crippen molar-refractivity contribution < 1.29 is 13.2 Å². The van der Waals surface area contributed by atoms with Crippen LogP contribution in [0.25, 0.3) is 16.6 Å². The molecule has 2 aromatic heterocycles. The van der Waals surface area contributed by atoms with Gasteiger partial charge in [0.25, 0.3) is 5.91 Å². The number of fused-ring (bicyclic) bond motifs is 1. The number of carbonyl (C=O) groups excluding carboxylic acids is 1. The van der Waals surface area contributed by atoms with Crippen molar-refractivity contribution in [2.45, 2.75) is 43.4 Å². The van der Waals surface area contributed by atoms with Crippen LogP contribution in [0, 0.1) is 0 Å². The Kier molecular flexibility index (Phi) is 5.78. The van der Waals surface area contributed by atoms with Crippen molar-refractivity contribution in [3.8, 4) is 5.69 Å². The molecule has 0 radical (unpaired) electrons. The van der Waals surface area contributed by atoms with E-state index in [0.717, 1.165) is 22.3 Å². The average molecular weight is 522 g/mol. The lowest BCUT2D eigenvalue weighted by Gasteiger charge is -2.11. The first-order valence-corrected chi connectivity index (χ1v) is 13.8. The largest absolute Gasteiger partial charge is 0.321 e. The summed E-state index contributed by atoms with van der Waals surface area (Å²) in [5.41, 5.74) is 4.40. The van der Waals surface area contributed by atoms with Crippen LogP contribution < -0.4 is 10.0 Å². The molecule has 0 spiro atoms. The second kappa shape index (κ2) is 8.99. The molecule has 2 heterocycles. The zero-order valence-corrected chi connectivity index (χ0v) is 20.9. The van der Waals surface area contributed by atoms with Gasteiger partial charge >= 0.3 is 0 Å². The third-order valence-electron chi connectivity index (χ3n) is 6.58. The van der Waals surface area contributed by atoms with Crippen LogP contribution in [0.5, 0.6) is 0 Å². The van der Waals surface area contributed by atoms with Gasteiger partial charge in [0.2, 0.25) is 10.0 Å².